The molecular formula is C11H13F3N2O. The highest BCUT2D eigenvalue weighted by Crippen LogP contribution is 2.21. The second kappa shape index (κ2) is 5.07. The average Bonchev–Trinajstić information content (AvgIpc) is 2.15. The van der Waals surface area contributed by atoms with Crippen LogP contribution in [0.3, 0.4) is 0 Å². The first kappa shape index (κ1) is 13.3. The zero-order chi connectivity index (χ0) is 13.1. The van der Waals surface area contributed by atoms with Crippen LogP contribution in [0.4, 0.5) is 13.2 Å². The summed E-state index contributed by atoms with van der Waals surface area (Å²) >= 11 is 0. The third-order valence-electron chi connectivity index (χ3n) is 2.14. The Morgan fingerprint density at radius 1 is 1.41 bits per heavy atom. The molecule has 0 bridgehead atoms. The molecule has 6 heteroatoms. The molecule has 0 spiro atoms. The van der Waals surface area contributed by atoms with Crippen LogP contribution < -0.4 is 10.5 Å². The minimum absolute atomic E-state index is 0.0793. The van der Waals surface area contributed by atoms with Crippen LogP contribution in [0.1, 0.15) is 17.5 Å². The van der Waals surface area contributed by atoms with E-state index < -0.39 is 19.2 Å². The Morgan fingerprint density at radius 2 is 2.06 bits per heavy atom. The summed E-state index contributed by atoms with van der Waals surface area (Å²) in [6.45, 7) is 1.30. The summed E-state index contributed by atoms with van der Waals surface area (Å²) in [7, 11) is 0. The number of halogens is 3. The molecule has 94 valence electrons. The van der Waals surface area contributed by atoms with Crippen LogP contribution in [-0.2, 0) is 0 Å². The molecule has 17 heavy (non-hydrogen) atoms. The Balaban J connectivity index is 2.62. The number of nitrogens with one attached hydrogen (secondary N) is 1. The van der Waals surface area contributed by atoms with Crippen molar-refractivity contribution in [1.82, 2.24) is 0 Å². The molecule has 0 atom stereocenters. The molecule has 1 rings (SSSR count). The molecule has 0 unspecified atom stereocenters. The van der Waals surface area contributed by atoms with Crippen LogP contribution in [0.25, 0.3) is 0 Å². The van der Waals surface area contributed by atoms with E-state index in [0.717, 1.165) is 0 Å². The van der Waals surface area contributed by atoms with Gasteiger partial charge >= 0.3 is 6.18 Å². The van der Waals surface area contributed by atoms with Crippen molar-refractivity contribution in [3.05, 3.63) is 29.3 Å². The fourth-order valence-corrected chi connectivity index (χ4v) is 1.31. The molecular weight excluding hydrogens is 233 g/mol. The fourth-order valence-electron chi connectivity index (χ4n) is 1.31. The molecule has 1 aromatic rings. The van der Waals surface area contributed by atoms with E-state index in [-0.39, 0.29) is 5.84 Å². The van der Waals surface area contributed by atoms with Gasteiger partial charge in [0.05, 0.1) is 13.0 Å². The van der Waals surface area contributed by atoms with Crippen molar-refractivity contribution in [2.24, 2.45) is 5.73 Å². The molecule has 0 aliphatic carbocycles. The molecule has 0 saturated carbocycles. The van der Waals surface area contributed by atoms with Gasteiger partial charge in [0.15, 0.2) is 0 Å². The van der Waals surface area contributed by atoms with Crippen molar-refractivity contribution < 1.29 is 17.9 Å². The van der Waals surface area contributed by atoms with Gasteiger partial charge in [-0.15, -0.1) is 0 Å². The highest BCUT2D eigenvalue weighted by Gasteiger charge is 2.26. The van der Waals surface area contributed by atoms with E-state index in [1.165, 1.54) is 6.07 Å². The van der Waals surface area contributed by atoms with Crippen molar-refractivity contribution >= 4 is 5.84 Å². The number of ether oxygens (including phenoxy) is 1. The van der Waals surface area contributed by atoms with Gasteiger partial charge in [-0.25, -0.2) is 0 Å². The summed E-state index contributed by atoms with van der Waals surface area (Å²) in [6, 6.07) is 4.62. The summed E-state index contributed by atoms with van der Waals surface area (Å²) in [4.78, 5) is 0. The van der Waals surface area contributed by atoms with Crippen molar-refractivity contribution in [3.63, 3.8) is 0 Å². The number of nitrogens with two attached hydrogens (primary N) is 1. The van der Waals surface area contributed by atoms with Gasteiger partial charge in [-0.05, 0) is 30.7 Å². The average molecular weight is 246 g/mol. The van der Waals surface area contributed by atoms with Gasteiger partial charge < -0.3 is 10.5 Å². The highest BCUT2D eigenvalue weighted by molar-refractivity contribution is 5.96. The Hall–Kier alpha value is -1.72. The maximum atomic E-state index is 11.9. The molecule has 0 heterocycles. The number of alkyl halides is 3. The SMILES string of the molecule is Cc1cc(OCCC(F)(F)F)ccc1C(=N)N. The predicted molar refractivity (Wildman–Crippen MR) is 58.4 cm³/mol. The lowest BCUT2D eigenvalue weighted by Gasteiger charge is -2.10. The number of hydrogen-bond donors (Lipinski definition) is 2. The van der Waals surface area contributed by atoms with Gasteiger partial charge in [0.25, 0.3) is 0 Å². The minimum Gasteiger partial charge on any atom is -0.493 e. The lowest BCUT2D eigenvalue weighted by molar-refractivity contribution is -0.139. The summed E-state index contributed by atoms with van der Waals surface area (Å²) in [5.74, 6) is 0.265. The number of rotatable bonds is 4. The maximum absolute atomic E-state index is 11.9. The normalized spacial score (nSPS) is 11.3. The molecule has 0 aromatic heterocycles. The van der Waals surface area contributed by atoms with Gasteiger partial charge in [-0.1, -0.05) is 0 Å². The zero-order valence-electron chi connectivity index (χ0n) is 9.27. The lowest BCUT2D eigenvalue weighted by Crippen LogP contribution is -2.14. The third-order valence-corrected chi connectivity index (χ3v) is 2.14. The molecule has 0 fully saturated rings. The van der Waals surface area contributed by atoms with Gasteiger partial charge in [0.2, 0.25) is 0 Å². The first-order valence-electron chi connectivity index (χ1n) is 4.94. The quantitative estimate of drug-likeness (QED) is 0.633. The van der Waals surface area contributed by atoms with E-state index in [0.29, 0.717) is 16.9 Å². The van der Waals surface area contributed by atoms with Gasteiger partial charge in [0.1, 0.15) is 11.6 Å². The van der Waals surface area contributed by atoms with E-state index in [4.69, 9.17) is 15.9 Å². The lowest BCUT2D eigenvalue weighted by atomic mass is 10.1. The van der Waals surface area contributed by atoms with Gasteiger partial charge in [-0.2, -0.15) is 13.2 Å². The number of nitrogen functional groups attached to an aromatic ring is 1. The Labute approximate surface area is 96.9 Å². The Morgan fingerprint density at radius 3 is 2.53 bits per heavy atom. The third kappa shape index (κ3) is 4.34. The Bertz CT molecular complexity index is 416. The molecule has 1 aromatic carbocycles. The first-order valence-corrected chi connectivity index (χ1v) is 4.94. The standard InChI is InChI=1S/C11H13F3N2O/c1-7-6-8(2-3-9(7)10(15)16)17-5-4-11(12,13)14/h2-3,6H,4-5H2,1H3,(H3,15,16). The highest BCUT2D eigenvalue weighted by atomic mass is 19.4. The smallest absolute Gasteiger partial charge is 0.392 e. The topological polar surface area (TPSA) is 59.1 Å². The molecule has 0 radical (unpaired) electrons. The second-order valence-corrected chi connectivity index (χ2v) is 3.60. The van der Waals surface area contributed by atoms with E-state index in [2.05, 4.69) is 0 Å². The molecule has 3 N–H and O–H groups in total. The summed E-state index contributed by atoms with van der Waals surface area (Å²) < 4.78 is 40.6. The van der Waals surface area contributed by atoms with Crippen LogP contribution in [0.5, 0.6) is 5.75 Å². The number of aryl methyl sites for hydroxylation is 1. The van der Waals surface area contributed by atoms with Crippen molar-refractivity contribution in [2.45, 2.75) is 19.5 Å². The first-order chi connectivity index (χ1) is 7.79. The van der Waals surface area contributed by atoms with Crippen molar-refractivity contribution in [3.8, 4) is 5.75 Å². The predicted octanol–water partition coefficient (Wildman–Crippen LogP) is 2.61. The van der Waals surface area contributed by atoms with Crippen LogP contribution in [0.15, 0.2) is 18.2 Å². The van der Waals surface area contributed by atoms with E-state index in [1.54, 1.807) is 19.1 Å². The fraction of sp³-hybridized carbons (Fsp3) is 0.364. The summed E-state index contributed by atoms with van der Waals surface area (Å²) in [5.41, 5.74) is 6.56. The van der Waals surface area contributed by atoms with E-state index in [9.17, 15) is 13.2 Å². The molecule has 0 amide bonds. The molecule has 0 aliphatic rings. The number of hydrogen-bond acceptors (Lipinski definition) is 2. The monoisotopic (exact) mass is 246 g/mol. The van der Waals surface area contributed by atoms with E-state index in [1.807, 2.05) is 0 Å². The maximum Gasteiger partial charge on any atom is 0.392 e. The molecule has 3 nitrogen and oxygen atoms in total. The van der Waals surface area contributed by atoms with E-state index >= 15 is 0 Å². The van der Waals surface area contributed by atoms with Crippen LogP contribution in [0.2, 0.25) is 0 Å². The van der Waals surface area contributed by atoms with Crippen LogP contribution in [-0.4, -0.2) is 18.6 Å². The number of benzene rings is 1. The van der Waals surface area contributed by atoms with Crippen molar-refractivity contribution in [1.29, 1.82) is 5.41 Å². The zero-order valence-corrected chi connectivity index (χ0v) is 9.27. The van der Waals surface area contributed by atoms with Crippen LogP contribution >= 0.6 is 0 Å². The second-order valence-electron chi connectivity index (χ2n) is 3.60. The van der Waals surface area contributed by atoms with Gasteiger partial charge in [-0.3, -0.25) is 5.41 Å². The summed E-state index contributed by atoms with van der Waals surface area (Å²) in [5, 5.41) is 7.25. The van der Waals surface area contributed by atoms with Crippen LogP contribution in [0, 0.1) is 12.3 Å². The Kier molecular flexibility index (Phi) is 3.98. The van der Waals surface area contributed by atoms with Crippen molar-refractivity contribution in [2.75, 3.05) is 6.61 Å². The van der Waals surface area contributed by atoms with Gasteiger partial charge in [0, 0.05) is 5.56 Å². The number of amidine groups is 1. The minimum atomic E-state index is -4.21. The largest absolute Gasteiger partial charge is 0.493 e. The summed E-state index contributed by atoms with van der Waals surface area (Å²) in [6.07, 6.45) is -5.20. The molecule has 0 saturated heterocycles. The molecule has 0 aliphatic heterocycles.